The van der Waals surface area contributed by atoms with E-state index in [1.807, 2.05) is 6.07 Å². The van der Waals surface area contributed by atoms with Gasteiger partial charge < -0.3 is 9.62 Å². The Balaban J connectivity index is 1.30. The van der Waals surface area contributed by atoms with Gasteiger partial charge in [0.25, 0.3) is 0 Å². The summed E-state index contributed by atoms with van der Waals surface area (Å²) in [5, 5.41) is 1.05. The van der Waals surface area contributed by atoms with Crippen molar-refractivity contribution in [2.45, 2.75) is 0 Å². The molecule has 0 amide bonds. The first-order valence-corrected chi connectivity index (χ1v) is 16.7. The molecule has 8 aromatic rings. The number of nitrogens with zero attached hydrogens (tertiary/aromatic N) is 4. The minimum atomic E-state index is -0.133. The van der Waals surface area contributed by atoms with Crippen LogP contribution in [0.3, 0.4) is 0 Å². The minimum Gasteiger partial charge on any atom is -0.361 e. The van der Waals surface area contributed by atoms with Crippen molar-refractivity contribution in [3.05, 3.63) is 176 Å². The topological polar surface area (TPSA) is 32.3 Å². The van der Waals surface area contributed by atoms with E-state index >= 15 is 0 Å². The van der Waals surface area contributed by atoms with Gasteiger partial charge in [0, 0.05) is 50.4 Å². The first-order chi connectivity index (χ1) is 24.3. The highest BCUT2D eigenvalue weighted by Gasteiger charge is 2.47. The molecule has 10 rings (SSSR count). The fourth-order valence-corrected chi connectivity index (χ4v) is 7.73. The molecule has 2 aliphatic rings. The number of para-hydroxylation sites is 5. The van der Waals surface area contributed by atoms with Gasteiger partial charge in [0.05, 0.1) is 11.2 Å². The van der Waals surface area contributed by atoms with Gasteiger partial charge >= 0.3 is 6.98 Å². The van der Waals surface area contributed by atoms with Crippen molar-refractivity contribution in [1.82, 2.24) is 9.97 Å². The smallest absolute Gasteiger partial charge is 0.361 e. The third-order valence-electron chi connectivity index (χ3n) is 9.81. The van der Waals surface area contributed by atoms with Crippen molar-refractivity contribution in [2.24, 2.45) is 0 Å². The average Bonchev–Trinajstić information content (AvgIpc) is 3.18. The van der Waals surface area contributed by atoms with E-state index in [9.17, 15) is 0 Å². The van der Waals surface area contributed by atoms with Crippen molar-refractivity contribution < 1.29 is 0 Å². The van der Waals surface area contributed by atoms with E-state index in [1.165, 1.54) is 39.1 Å². The van der Waals surface area contributed by atoms with E-state index in [4.69, 9.17) is 9.97 Å². The standard InChI is InChI=1S/C44H29BN4/c1-4-16-30(17-5-1)43-36-24-10-13-25-39(36)46-44(47-43)31-28-37-34-22-11-14-26-40(34)48(32-18-6-2-7-19-32)45-42(37)38(29-31)35-23-12-15-27-41(35)49(45)33-20-8-3-9-21-33/h1-29H. The number of benzene rings is 7. The van der Waals surface area contributed by atoms with Crippen LogP contribution < -0.4 is 15.1 Å². The molecule has 7 aromatic carbocycles. The van der Waals surface area contributed by atoms with Crippen molar-refractivity contribution in [3.8, 4) is 44.9 Å². The summed E-state index contributed by atoms with van der Waals surface area (Å²) < 4.78 is 0. The fourth-order valence-electron chi connectivity index (χ4n) is 7.73. The maximum Gasteiger partial charge on any atom is 0.421 e. The molecule has 49 heavy (non-hydrogen) atoms. The normalized spacial score (nSPS) is 12.8. The highest BCUT2D eigenvalue weighted by atomic mass is 15.2. The van der Waals surface area contributed by atoms with Gasteiger partial charge in [-0.25, -0.2) is 9.97 Å². The van der Waals surface area contributed by atoms with Crippen LogP contribution in [0.4, 0.5) is 22.7 Å². The van der Waals surface area contributed by atoms with Crippen LogP contribution >= 0.6 is 0 Å². The van der Waals surface area contributed by atoms with Crippen LogP contribution in [-0.2, 0) is 0 Å². The maximum absolute atomic E-state index is 5.31. The summed E-state index contributed by atoms with van der Waals surface area (Å²) in [6, 6.07) is 62.5. The molecule has 0 bridgehead atoms. The molecule has 0 radical (unpaired) electrons. The van der Waals surface area contributed by atoms with Gasteiger partial charge in [0.15, 0.2) is 5.82 Å². The molecular formula is C44H29BN4. The molecule has 0 aliphatic carbocycles. The number of aromatic nitrogens is 2. The molecule has 0 spiro atoms. The molecule has 5 heteroatoms. The molecule has 3 heterocycles. The van der Waals surface area contributed by atoms with Crippen LogP contribution in [0.15, 0.2) is 176 Å². The van der Waals surface area contributed by atoms with E-state index in [0.717, 1.165) is 44.9 Å². The van der Waals surface area contributed by atoms with Gasteiger partial charge in [-0.1, -0.05) is 121 Å². The van der Waals surface area contributed by atoms with Crippen LogP contribution in [0.25, 0.3) is 55.8 Å². The number of hydrogen-bond donors (Lipinski definition) is 0. The number of hydrogen-bond acceptors (Lipinski definition) is 4. The van der Waals surface area contributed by atoms with E-state index < -0.39 is 0 Å². The predicted molar refractivity (Wildman–Crippen MR) is 204 cm³/mol. The van der Waals surface area contributed by atoms with E-state index in [0.29, 0.717) is 0 Å². The second-order valence-electron chi connectivity index (χ2n) is 12.6. The van der Waals surface area contributed by atoms with Gasteiger partial charge in [-0.15, -0.1) is 0 Å². The number of anilines is 4. The number of rotatable bonds is 4. The molecule has 1 aromatic heterocycles. The SMILES string of the molecule is c1ccc(-c2nc(-c3cc4c5c(c3)-c3ccccc3N(c3ccccc3)B5N(c3ccccc3)c3ccccc3-4)nc3ccccc23)cc1. The zero-order chi connectivity index (χ0) is 32.3. The Bertz CT molecular complexity index is 2410. The fraction of sp³-hybridized carbons (Fsp3) is 0. The lowest BCUT2D eigenvalue weighted by Gasteiger charge is -2.47. The monoisotopic (exact) mass is 624 g/mol. The molecule has 0 atom stereocenters. The molecular weight excluding hydrogens is 595 g/mol. The summed E-state index contributed by atoms with van der Waals surface area (Å²) in [6.45, 7) is -0.133. The Morgan fingerprint density at radius 2 is 0.898 bits per heavy atom. The minimum absolute atomic E-state index is 0.133. The summed E-state index contributed by atoms with van der Waals surface area (Å²) >= 11 is 0. The summed E-state index contributed by atoms with van der Waals surface area (Å²) in [6.07, 6.45) is 0. The Kier molecular flexibility index (Phi) is 6.24. The summed E-state index contributed by atoms with van der Waals surface area (Å²) in [5.41, 5.74) is 14.6. The molecule has 0 unspecified atom stereocenters. The van der Waals surface area contributed by atoms with Crippen LogP contribution in [0.1, 0.15) is 0 Å². The van der Waals surface area contributed by atoms with E-state index in [1.54, 1.807) is 0 Å². The first-order valence-electron chi connectivity index (χ1n) is 16.7. The van der Waals surface area contributed by atoms with Crippen LogP contribution in [0.2, 0.25) is 0 Å². The van der Waals surface area contributed by atoms with Gasteiger partial charge in [-0.3, -0.25) is 0 Å². The third kappa shape index (κ3) is 4.33. The molecule has 0 saturated carbocycles. The Hall–Kier alpha value is -6.46. The Morgan fingerprint density at radius 3 is 1.49 bits per heavy atom. The highest BCUT2D eigenvalue weighted by molar-refractivity contribution is 6.86. The van der Waals surface area contributed by atoms with E-state index in [-0.39, 0.29) is 6.98 Å². The lowest BCUT2D eigenvalue weighted by molar-refractivity contribution is 1.22. The molecule has 2 aliphatic heterocycles. The van der Waals surface area contributed by atoms with Crippen molar-refractivity contribution >= 4 is 46.1 Å². The first kappa shape index (κ1) is 27.6. The Labute approximate surface area is 285 Å². The quantitative estimate of drug-likeness (QED) is 0.183. The molecule has 0 fully saturated rings. The lowest BCUT2D eigenvalue weighted by Crippen LogP contribution is -2.61. The lowest BCUT2D eigenvalue weighted by atomic mass is 9.53. The summed E-state index contributed by atoms with van der Waals surface area (Å²) in [5.74, 6) is 0.721. The predicted octanol–water partition coefficient (Wildman–Crippen LogP) is 10.3. The zero-order valence-corrected chi connectivity index (χ0v) is 26.6. The van der Waals surface area contributed by atoms with Crippen molar-refractivity contribution in [3.63, 3.8) is 0 Å². The van der Waals surface area contributed by atoms with Crippen LogP contribution in [0, 0.1) is 0 Å². The van der Waals surface area contributed by atoms with Crippen LogP contribution in [0.5, 0.6) is 0 Å². The summed E-state index contributed by atoms with van der Waals surface area (Å²) in [4.78, 5) is 15.5. The van der Waals surface area contributed by atoms with Gasteiger partial charge in [-0.2, -0.15) is 0 Å². The highest BCUT2D eigenvalue weighted by Crippen LogP contribution is 2.49. The van der Waals surface area contributed by atoms with Gasteiger partial charge in [0.1, 0.15) is 0 Å². The van der Waals surface area contributed by atoms with Gasteiger partial charge in [-0.05, 0) is 71.2 Å². The maximum atomic E-state index is 5.31. The molecule has 4 nitrogen and oxygen atoms in total. The number of fused-ring (bicyclic) bond motifs is 5. The Morgan fingerprint density at radius 1 is 0.408 bits per heavy atom. The third-order valence-corrected chi connectivity index (χ3v) is 9.81. The largest absolute Gasteiger partial charge is 0.421 e. The molecule has 0 saturated heterocycles. The van der Waals surface area contributed by atoms with Crippen LogP contribution in [-0.4, -0.2) is 17.0 Å². The molecule has 228 valence electrons. The average molecular weight is 625 g/mol. The second kappa shape index (κ2) is 11.1. The second-order valence-corrected chi connectivity index (χ2v) is 12.6. The van der Waals surface area contributed by atoms with E-state index in [2.05, 4.69) is 179 Å². The summed E-state index contributed by atoms with van der Waals surface area (Å²) in [7, 11) is 0. The molecule has 0 N–H and O–H groups in total. The van der Waals surface area contributed by atoms with Gasteiger partial charge in [0.2, 0.25) is 0 Å². The van der Waals surface area contributed by atoms with Crippen molar-refractivity contribution in [1.29, 1.82) is 0 Å². The zero-order valence-electron chi connectivity index (χ0n) is 26.6. The van der Waals surface area contributed by atoms with Crippen molar-refractivity contribution in [2.75, 3.05) is 9.62 Å².